The average Bonchev–Trinajstić information content (AvgIpc) is 3.50. The average molecular weight is 1140 g/mol. The minimum absolute atomic E-state index is 0.209. The molecule has 0 aromatic rings. The number of carbonyl (C=O) groups is 1. The van der Waals surface area contributed by atoms with Crippen LogP contribution in [-0.4, -0.2) is 193 Å². The van der Waals surface area contributed by atoms with Crippen molar-refractivity contribution >= 4 is 5.91 Å². The molecule has 12 N–H and O–H groups in total. The zero-order valence-corrected chi connectivity index (χ0v) is 48.0. The van der Waals surface area contributed by atoms with Crippen LogP contribution >= 0.6 is 0 Å². The van der Waals surface area contributed by atoms with Gasteiger partial charge in [0.15, 0.2) is 18.9 Å². The highest BCUT2D eigenvalue weighted by molar-refractivity contribution is 5.76. The van der Waals surface area contributed by atoms with E-state index in [1.165, 1.54) is 64.2 Å². The van der Waals surface area contributed by atoms with Crippen molar-refractivity contribution in [3.8, 4) is 0 Å². The Labute approximate surface area is 477 Å². The van der Waals surface area contributed by atoms with Crippen molar-refractivity contribution in [2.45, 2.75) is 279 Å². The van der Waals surface area contributed by atoms with Gasteiger partial charge >= 0.3 is 0 Å². The Balaban J connectivity index is 1.53. The number of amides is 1. The molecule has 17 atom stereocenters. The molecule has 80 heavy (non-hydrogen) atoms. The van der Waals surface area contributed by atoms with Gasteiger partial charge < -0.3 is 89.9 Å². The molecule has 462 valence electrons. The van der Waals surface area contributed by atoms with Crippen molar-refractivity contribution in [3.63, 3.8) is 0 Å². The molecule has 0 aliphatic carbocycles. The first kappa shape index (κ1) is 71.5. The van der Waals surface area contributed by atoms with Crippen LogP contribution in [0.2, 0.25) is 0 Å². The molecule has 3 fully saturated rings. The number of hydrogen-bond donors (Lipinski definition) is 12. The van der Waals surface area contributed by atoms with E-state index >= 15 is 0 Å². The number of ether oxygens (including phenoxy) is 6. The first-order chi connectivity index (χ1) is 38.8. The summed E-state index contributed by atoms with van der Waals surface area (Å²) in [6.45, 7) is 1.55. The predicted octanol–water partition coefficient (Wildman–Crippen LogP) is 5.43. The minimum Gasteiger partial charge on any atom is -0.394 e. The second kappa shape index (κ2) is 43.8. The largest absolute Gasteiger partial charge is 0.394 e. The lowest BCUT2D eigenvalue weighted by atomic mass is 9.96. The van der Waals surface area contributed by atoms with Gasteiger partial charge in [-0.1, -0.05) is 164 Å². The molecule has 0 aromatic heterocycles. The highest BCUT2D eigenvalue weighted by Gasteiger charge is 2.53. The van der Waals surface area contributed by atoms with E-state index in [1.54, 1.807) is 6.08 Å². The quantitative estimate of drug-likeness (QED) is 0.0268. The molecule has 3 heterocycles. The van der Waals surface area contributed by atoms with Gasteiger partial charge in [-0.3, -0.25) is 4.79 Å². The lowest BCUT2D eigenvalue weighted by molar-refractivity contribution is -0.379. The highest BCUT2D eigenvalue weighted by Crippen LogP contribution is 2.33. The monoisotopic (exact) mass is 1140 g/mol. The summed E-state index contributed by atoms with van der Waals surface area (Å²) in [6, 6.07) is -1.01. The van der Waals surface area contributed by atoms with Gasteiger partial charge in [-0.15, -0.1) is 0 Å². The number of hydrogen-bond acceptors (Lipinski definition) is 18. The zero-order chi connectivity index (χ0) is 58.3. The van der Waals surface area contributed by atoms with E-state index < -0.39 is 124 Å². The van der Waals surface area contributed by atoms with Crippen molar-refractivity contribution in [1.29, 1.82) is 0 Å². The van der Waals surface area contributed by atoms with Gasteiger partial charge in [0.2, 0.25) is 5.91 Å². The Kier molecular flexibility index (Phi) is 39.2. The summed E-state index contributed by atoms with van der Waals surface area (Å²) in [7, 11) is 0. The summed E-state index contributed by atoms with van der Waals surface area (Å²) in [5.74, 6) is -0.310. The standard InChI is InChI=1S/C61H105NO18/c1-3-5-7-9-11-13-15-17-19-20-21-22-23-25-26-28-30-32-34-36-38-45(66)44(62-49(67)39-37-35-33-31-29-27-24-18-16-14-12-10-8-6-4-2)43-75-59-55(73)52(70)57(47(41-64)77-59)80-61-56(74)53(71)58(48(42-65)78-61)79-60-54(72)51(69)50(68)46(40-63)76-60/h6,8,12,14,18,22-24,28,30,36,38,44-48,50-61,63-66,68-74H,3-5,7,9-11,13,15-17,19-21,25-27,29,31-35,37,39-43H2,1-2H3,(H,62,67)/b8-6-,14-12-,23-22+,24-18-,30-28+,38-36+. The third-order valence-electron chi connectivity index (χ3n) is 14.7. The minimum atomic E-state index is -1.99. The Hall–Kier alpha value is -2.77. The molecule has 0 spiro atoms. The summed E-state index contributed by atoms with van der Waals surface area (Å²) in [5.41, 5.74) is 0. The Bertz CT molecular complexity index is 1740. The van der Waals surface area contributed by atoms with E-state index in [0.29, 0.717) is 12.8 Å². The summed E-state index contributed by atoms with van der Waals surface area (Å²) in [4.78, 5) is 13.3. The molecule has 17 unspecified atom stereocenters. The summed E-state index contributed by atoms with van der Waals surface area (Å²) in [6.07, 6.45) is 24.6. The molecule has 3 aliphatic rings. The van der Waals surface area contributed by atoms with Crippen LogP contribution in [-0.2, 0) is 33.2 Å². The van der Waals surface area contributed by atoms with E-state index in [4.69, 9.17) is 28.4 Å². The van der Waals surface area contributed by atoms with Gasteiger partial charge in [0.25, 0.3) is 0 Å². The smallest absolute Gasteiger partial charge is 0.220 e. The van der Waals surface area contributed by atoms with Gasteiger partial charge in [-0.25, -0.2) is 0 Å². The van der Waals surface area contributed by atoms with Crippen LogP contribution in [0.1, 0.15) is 174 Å². The van der Waals surface area contributed by atoms with Gasteiger partial charge in [-0.2, -0.15) is 0 Å². The normalized spacial score (nSPS) is 30.5. The molecule has 0 radical (unpaired) electrons. The first-order valence-corrected chi connectivity index (χ1v) is 30.2. The SMILES string of the molecule is CC/C=C\C/C=C\C/C=C\CCCCCCCC(=O)NC(COC1OC(CO)C(OC2OC(CO)C(OC3OC(CO)C(O)C(O)C3O)C(O)C2O)C(O)C1O)C(O)/C=C/CC/C=C/CC/C=C/CCCCCCCCCCCC. The van der Waals surface area contributed by atoms with Gasteiger partial charge in [0.1, 0.15) is 73.2 Å². The van der Waals surface area contributed by atoms with E-state index in [0.717, 1.165) is 77.0 Å². The van der Waals surface area contributed by atoms with E-state index in [9.17, 15) is 61.0 Å². The highest BCUT2D eigenvalue weighted by atomic mass is 16.8. The molecule has 19 nitrogen and oxygen atoms in total. The number of unbranched alkanes of at least 4 members (excludes halogenated alkanes) is 17. The van der Waals surface area contributed by atoms with Crippen molar-refractivity contribution in [1.82, 2.24) is 5.32 Å². The van der Waals surface area contributed by atoms with Crippen LogP contribution in [0, 0.1) is 0 Å². The molecular weight excluding hydrogens is 1030 g/mol. The van der Waals surface area contributed by atoms with Crippen molar-refractivity contribution in [2.75, 3.05) is 26.4 Å². The van der Waals surface area contributed by atoms with Crippen molar-refractivity contribution in [3.05, 3.63) is 72.9 Å². The Morgan fingerprint density at radius 3 is 1.40 bits per heavy atom. The number of aliphatic hydroxyl groups excluding tert-OH is 11. The fourth-order valence-electron chi connectivity index (χ4n) is 9.76. The Morgan fingerprint density at radius 2 is 0.875 bits per heavy atom. The molecule has 3 rings (SSSR count). The lowest BCUT2D eigenvalue weighted by Crippen LogP contribution is -2.66. The topological polar surface area (TPSA) is 307 Å². The summed E-state index contributed by atoms with van der Waals surface area (Å²) in [5, 5.41) is 120. The van der Waals surface area contributed by atoms with Gasteiger partial charge in [-0.05, 0) is 77.0 Å². The Morgan fingerprint density at radius 1 is 0.463 bits per heavy atom. The molecule has 3 aliphatic heterocycles. The zero-order valence-electron chi connectivity index (χ0n) is 48.0. The maximum absolute atomic E-state index is 13.3. The second-order valence-electron chi connectivity index (χ2n) is 21.4. The van der Waals surface area contributed by atoms with Gasteiger partial charge in [0, 0.05) is 6.42 Å². The molecule has 19 heteroatoms. The first-order valence-electron chi connectivity index (χ1n) is 30.2. The maximum Gasteiger partial charge on any atom is 0.220 e. The third kappa shape index (κ3) is 27.3. The number of aliphatic hydroxyl groups is 11. The van der Waals surface area contributed by atoms with Crippen LogP contribution < -0.4 is 5.32 Å². The van der Waals surface area contributed by atoms with Crippen LogP contribution in [0.3, 0.4) is 0 Å². The fourth-order valence-corrected chi connectivity index (χ4v) is 9.76. The molecule has 1 amide bonds. The van der Waals surface area contributed by atoms with E-state index in [-0.39, 0.29) is 18.9 Å². The lowest BCUT2D eigenvalue weighted by Gasteiger charge is -2.48. The second-order valence-corrected chi connectivity index (χ2v) is 21.4. The van der Waals surface area contributed by atoms with Crippen LogP contribution in [0.5, 0.6) is 0 Å². The molecule has 0 bridgehead atoms. The number of carbonyl (C=O) groups excluding carboxylic acids is 1. The number of nitrogens with one attached hydrogen (secondary N) is 1. The van der Waals surface area contributed by atoms with Crippen molar-refractivity contribution in [2.24, 2.45) is 0 Å². The fraction of sp³-hybridized carbons (Fsp3) is 0.787. The molecule has 0 aromatic carbocycles. The molecule has 0 saturated carbocycles. The van der Waals surface area contributed by atoms with Crippen LogP contribution in [0.4, 0.5) is 0 Å². The maximum atomic E-state index is 13.3. The molecular formula is C61H105NO18. The van der Waals surface area contributed by atoms with E-state index in [1.807, 2.05) is 6.08 Å². The van der Waals surface area contributed by atoms with Gasteiger partial charge in [0.05, 0.1) is 38.6 Å². The van der Waals surface area contributed by atoms with Crippen molar-refractivity contribution < 1.29 is 89.4 Å². The molecule has 3 saturated heterocycles. The number of allylic oxidation sites excluding steroid dienone is 11. The predicted molar refractivity (Wildman–Crippen MR) is 305 cm³/mol. The van der Waals surface area contributed by atoms with E-state index in [2.05, 4.69) is 79.9 Å². The van der Waals surface area contributed by atoms with Crippen LogP contribution in [0.15, 0.2) is 72.9 Å². The third-order valence-corrected chi connectivity index (χ3v) is 14.7. The summed E-state index contributed by atoms with van der Waals surface area (Å²) < 4.78 is 34.2. The van der Waals surface area contributed by atoms with Crippen LogP contribution in [0.25, 0.3) is 0 Å². The summed E-state index contributed by atoms with van der Waals surface area (Å²) >= 11 is 0. The number of rotatable bonds is 43.